The molecule has 1 N–H and O–H groups in total. The Morgan fingerprint density at radius 3 is 2.77 bits per heavy atom. The monoisotopic (exact) mass is 180 g/mol. The first kappa shape index (κ1) is 8.25. The second-order valence-corrected chi connectivity index (χ2v) is 5.15. The van der Waals surface area contributed by atoms with Gasteiger partial charge < -0.3 is 5.32 Å². The number of piperidine rings is 4. The topological polar surface area (TPSA) is 15.3 Å². The molecular weight excluding hydrogens is 160 g/mol. The summed E-state index contributed by atoms with van der Waals surface area (Å²) in [4.78, 5) is 2.73. The molecule has 4 fully saturated rings. The maximum absolute atomic E-state index is 3.62. The number of hydrogen-bond donors (Lipinski definition) is 1. The SMILES string of the molecule is CC1CC2C3CCN(CC3)C2CN1. The van der Waals surface area contributed by atoms with Crippen molar-refractivity contribution in [3.8, 4) is 0 Å². The lowest BCUT2D eigenvalue weighted by atomic mass is 9.69. The first-order valence-corrected chi connectivity index (χ1v) is 5.82. The second-order valence-electron chi connectivity index (χ2n) is 5.15. The molecule has 3 unspecified atom stereocenters. The minimum Gasteiger partial charge on any atom is -0.313 e. The zero-order valence-corrected chi connectivity index (χ0v) is 8.50. The molecule has 0 radical (unpaired) electrons. The van der Waals surface area contributed by atoms with Gasteiger partial charge in [0.15, 0.2) is 0 Å². The Balaban J connectivity index is 1.80. The summed E-state index contributed by atoms with van der Waals surface area (Å²) in [6.45, 7) is 6.35. The standard InChI is InChI=1S/C11H20N2/c1-8-6-10-9-2-4-13(5-3-9)11(10)7-12-8/h8-12H,2-7H2,1H3. The number of nitrogens with zero attached hydrogens (tertiary/aromatic N) is 1. The fourth-order valence-electron chi connectivity index (χ4n) is 3.71. The Morgan fingerprint density at radius 1 is 1.23 bits per heavy atom. The largest absolute Gasteiger partial charge is 0.313 e. The molecule has 2 nitrogen and oxygen atoms in total. The summed E-state index contributed by atoms with van der Waals surface area (Å²) in [5.41, 5.74) is 0. The molecule has 0 aliphatic carbocycles. The summed E-state index contributed by atoms with van der Waals surface area (Å²) >= 11 is 0. The molecule has 4 heterocycles. The van der Waals surface area contributed by atoms with Crippen molar-refractivity contribution >= 4 is 0 Å². The molecule has 0 spiro atoms. The van der Waals surface area contributed by atoms with Crippen LogP contribution in [0.2, 0.25) is 0 Å². The fraction of sp³-hybridized carbons (Fsp3) is 1.00. The van der Waals surface area contributed by atoms with E-state index in [1.807, 2.05) is 0 Å². The number of rotatable bonds is 0. The number of hydrogen-bond acceptors (Lipinski definition) is 2. The summed E-state index contributed by atoms with van der Waals surface area (Å²) in [5.74, 6) is 2.10. The molecule has 4 saturated heterocycles. The van der Waals surface area contributed by atoms with Crippen LogP contribution >= 0.6 is 0 Å². The zero-order valence-electron chi connectivity index (χ0n) is 8.50. The molecule has 2 heteroatoms. The predicted octanol–water partition coefficient (Wildman–Crippen LogP) is 1.08. The van der Waals surface area contributed by atoms with E-state index in [9.17, 15) is 0 Å². The van der Waals surface area contributed by atoms with E-state index < -0.39 is 0 Å². The quantitative estimate of drug-likeness (QED) is 0.600. The van der Waals surface area contributed by atoms with Crippen LogP contribution in [0.1, 0.15) is 26.2 Å². The van der Waals surface area contributed by atoms with Gasteiger partial charge in [-0.3, -0.25) is 4.90 Å². The third-order valence-corrected chi connectivity index (χ3v) is 4.44. The van der Waals surface area contributed by atoms with Crippen molar-refractivity contribution < 1.29 is 0 Å². The van der Waals surface area contributed by atoms with Gasteiger partial charge in [-0.2, -0.15) is 0 Å². The van der Waals surface area contributed by atoms with Gasteiger partial charge in [0.1, 0.15) is 0 Å². The third-order valence-electron chi connectivity index (χ3n) is 4.44. The molecule has 0 saturated carbocycles. The molecule has 4 aliphatic heterocycles. The van der Waals surface area contributed by atoms with Crippen molar-refractivity contribution in [2.24, 2.45) is 11.8 Å². The van der Waals surface area contributed by atoms with Crippen LogP contribution < -0.4 is 5.32 Å². The lowest BCUT2D eigenvalue weighted by Crippen LogP contribution is -2.62. The van der Waals surface area contributed by atoms with E-state index in [1.54, 1.807) is 0 Å². The molecule has 74 valence electrons. The van der Waals surface area contributed by atoms with Crippen LogP contribution in [0.3, 0.4) is 0 Å². The second kappa shape index (κ2) is 2.96. The first-order valence-electron chi connectivity index (χ1n) is 5.82. The maximum atomic E-state index is 3.62. The summed E-state index contributed by atoms with van der Waals surface area (Å²) in [6, 6.07) is 1.66. The van der Waals surface area contributed by atoms with Crippen molar-refractivity contribution in [1.29, 1.82) is 0 Å². The van der Waals surface area contributed by atoms with Crippen LogP contribution in [0.4, 0.5) is 0 Å². The van der Waals surface area contributed by atoms with Gasteiger partial charge in [0.05, 0.1) is 0 Å². The molecule has 4 aliphatic rings. The maximum Gasteiger partial charge on any atom is 0.0252 e. The number of nitrogens with one attached hydrogen (secondary N) is 1. The minimum atomic E-state index is 0.766. The molecule has 0 aromatic rings. The van der Waals surface area contributed by atoms with Crippen LogP contribution in [0.25, 0.3) is 0 Å². The van der Waals surface area contributed by atoms with E-state index in [1.165, 1.54) is 38.9 Å². The van der Waals surface area contributed by atoms with Crippen LogP contribution in [-0.4, -0.2) is 36.6 Å². The van der Waals surface area contributed by atoms with Crippen molar-refractivity contribution in [2.75, 3.05) is 19.6 Å². The fourth-order valence-corrected chi connectivity index (χ4v) is 3.71. The van der Waals surface area contributed by atoms with Gasteiger partial charge in [-0.1, -0.05) is 0 Å². The summed E-state index contributed by atoms with van der Waals surface area (Å²) < 4.78 is 0. The highest BCUT2D eigenvalue weighted by Crippen LogP contribution is 2.40. The van der Waals surface area contributed by atoms with Crippen molar-refractivity contribution in [2.45, 2.75) is 38.3 Å². The Labute approximate surface area is 80.7 Å². The smallest absolute Gasteiger partial charge is 0.0252 e. The minimum absolute atomic E-state index is 0.766. The van der Waals surface area contributed by atoms with Gasteiger partial charge in [-0.05, 0) is 51.1 Å². The third kappa shape index (κ3) is 1.23. The van der Waals surface area contributed by atoms with E-state index >= 15 is 0 Å². The highest BCUT2D eigenvalue weighted by atomic mass is 15.2. The van der Waals surface area contributed by atoms with Gasteiger partial charge in [0, 0.05) is 18.6 Å². The van der Waals surface area contributed by atoms with E-state index in [0.29, 0.717) is 0 Å². The molecule has 0 amide bonds. The molecule has 0 aromatic heterocycles. The van der Waals surface area contributed by atoms with Crippen LogP contribution in [0, 0.1) is 11.8 Å². The molecule has 13 heavy (non-hydrogen) atoms. The van der Waals surface area contributed by atoms with Crippen molar-refractivity contribution in [3.05, 3.63) is 0 Å². The van der Waals surface area contributed by atoms with Crippen molar-refractivity contribution in [1.82, 2.24) is 10.2 Å². The van der Waals surface area contributed by atoms with Crippen LogP contribution in [0.15, 0.2) is 0 Å². The van der Waals surface area contributed by atoms with Gasteiger partial charge >= 0.3 is 0 Å². The van der Waals surface area contributed by atoms with Gasteiger partial charge in [0.25, 0.3) is 0 Å². The van der Waals surface area contributed by atoms with E-state index in [2.05, 4.69) is 17.1 Å². The Bertz CT molecular complexity index is 196. The first-order chi connectivity index (χ1) is 6.34. The van der Waals surface area contributed by atoms with E-state index in [4.69, 9.17) is 0 Å². The Hall–Kier alpha value is -0.0800. The van der Waals surface area contributed by atoms with Crippen LogP contribution in [0.5, 0.6) is 0 Å². The molecule has 0 aromatic carbocycles. The molecule has 3 atom stereocenters. The molecule has 2 bridgehead atoms. The highest BCUT2D eigenvalue weighted by molar-refractivity contribution is 4.99. The van der Waals surface area contributed by atoms with Gasteiger partial charge in [-0.15, -0.1) is 0 Å². The zero-order chi connectivity index (χ0) is 8.84. The average molecular weight is 180 g/mol. The van der Waals surface area contributed by atoms with E-state index in [-0.39, 0.29) is 0 Å². The summed E-state index contributed by atoms with van der Waals surface area (Å²) in [7, 11) is 0. The molecule has 4 rings (SSSR count). The highest BCUT2D eigenvalue weighted by Gasteiger charge is 2.43. The van der Waals surface area contributed by atoms with E-state index in [0.717, 1.165) is 23.9 Å². The number of fused-ring (bicyclic) bond motifs is 2. The average Bonchev–Trinajstić information content (AvgIpc) is 2.19. The van der Waals surface area contributed by atoms with Crippen molar-refractivity contribution in [3.63, 3.8) is 0 Å². The lowest BCUT2D eigenvalue weighted by molar-refractivity contribution is -0.0323. The summed E-state index contributed by atoms with van der Waals surface area (Å²) in [5, 5.41) is 3.62. The lowest BCUT2D eigenvalue weighted by Gasteiger charge is -2.54. The molecular formula is C11H20N2. The predicted molar refractivity (Wildman–Crippen MR) is 53.7 cm³/mol. The normalized spacial score (nSPS) is 54.7. The van der Waals surface area contributed by atoms with Gasteiger partial charge in [-0.25, -0.2) is 0 Å². The Kier molecular flexibility index (Phi) is 1.88. The summed E-state index contributed by atoms with van der Waals surface area (Å²) in [6.07, 6.45) is 4.38. The van der Waals surface area contributed by atoms with Gasteiger partial charge in [0.2, 0.25) is 0 Å². The Morgan fingerprint density at radius 2 is 2.00 bits per heavy atom. The van der Waals surface area contributed by atoms with Crippen LogP contribution in [-0.2, 0) is 0 Å².